The second-order valence-corrected chi connectivity index (χ2v) is 8.45. The van der Waals surface area contributed by atoms with E-state index in [1.165, 1.54) is 6.92 Å². The molecule has 0 radical (unpaired) electrons. The lowest BCUT2D eigenvalue weighted by Crippen LogP contribution is -2.53. The van der Waals surface area contributed by atoms with Crippen molar-refractivity contribution in [2.45, 2.75) is 102 Å². The zero-order chi connectivity index (χ0) is 24.8. The molecular weight excluding hydrogens is 432 g/mol. The molecule has 11 heteroatoms. The van der Waals surface area contributed by atoms with E-state index in [1.54, 1.807) is 0 Å². The van der Waals surface area contributed by atoms with Gasteiger partial charge in [0.15, 0.2) is 0 Å². The highest BCUT2D eigenvalue weighted by Crippen LogP contribution is 2.21. The van der Waals surface area contributed by atoms with Gasteiger partial charge in [-0.25, -0.2) is 0 Å². The third-order valence-electron chi connectivity index (χ3n) is 5.56. The van der Waals surface area contributed by atoms with Crippen molar-refractivity contribution in [1.29, 1.82) is 0 Å². The minimum atomic E-state index is -1.15. The van der Waals surface area contributed by atoms with E-state index in [0.717, 1.165) is 44.9 Å². The summed E-state index contributed by atoms with van der Waals surface area (Å²) in [7, 11) is 0. The summed E-state index contributed by atoms with van der Waals surface area (Å²) >= 11 is 0. The number of hydrogen-bond donors (Lipinski definition) is 5. The molecule has 0 unspecified atom stereocenters. The lowest BCUT2D eigenvalue weighted by atomic mass is 9.92. The van der Waals surface area contributed by atoms with Crippen LogP contribution in [0.4, 0.5) is 0 Å². The van der Waals surface area contributed by atoms with E-state index in [2.05, 4.69) is 22.9 Å². The second kappa shape index (κ2) is 15.2. The molecule has 33 heavy (non-hydrogen) atoms. The topological polar surface area (TPSA) is 177 Å². The molecule has 0 saturated heterocycles. The molecule has 188 valence electrons. The largest absolute Gasteiger partial charge is 0.481 e. The monoisotopic (exact) mass is 470 g/mol. The van der Waals surface area contributed by atoms with E-state index in [4.69, 9.17) is 15.6 Å². The first-order valence-corrected chi connectivity index (χ1v) is 11.7. The fourth-order valence-corrected chi connectivity index (χ4v) is 3.66. The van der Waals surface area contributed by atoms with Crippen molar-refractivity contribution < 1.29 is 33.8 Å². The molecule has 1 aliphatic rings. The van der Waals surface area contributed by atoms with Crippen LogP contribution in [0.1, 0.15) is 78.1 Å². The quantitative estimate of drug-likeness (QED) is 0.214. The average molecular weight is 471 g/mol. The number of carboxylic acids is 1. The Morgan fingerprint density at radius 1 is 1.03 bits per heavy atom. The van der Waals surface area contributed by atoms with Gasteiger partial charge in [0, 0.05) is 12.8 Å². The number of rotatable bonds is 15. The molecular formula is C22H38N4O7. The third-order valence-corrected chi connectivity index (χ3v) is 5.56. The molecule has 0 aromatic rings. The fourth-order valence-electron chi connectivity index (χ4n) is 3.66. The normalized spacial score (nSPS) is 19.7. The number of unbranched alkanes of at least 4 members (excludes halogenated alkanes) is 2. The van der Waals surface area contributed by atoms with Gasteiger partial charge in [0.05, 0.1) is 12.1 Å². The Bertz CT molecular complexity index is 686. The number of carbonyl (C=O) groups is 5. The molecule has 4 atom stereocenters. The van der Waals surface area contributed by atoms with Gasteiger partial charge in [0.25, 0.3) is 0 Å². The van der Waals surface area contributed by atoms with Gasteiger partial charge in [-0.15, -0.1) is 0 Å². The molecule has 1 fully saturated rings. The number of ether oxygens (including phenoxy) is 1. The van der Waals surface area contributed by atoms with Crippen LogP contribution in [-0.2, 0) is 28.7 Å². The Morgan fingerprint density at radius 2 is 1.73 bits per heavy atom. The summed E-state index contributed by atoms with van der Waals surface area (Å²) in [5.41, 5.74) is 5.20. The van der Waals surface area contributed by atoms with Gasteiger partial charge in [-0.3, -0.25) is 24.0 Å². The molecule has 1 aliphatic carbocycles. The van der Waals surface area contributed by atoms with Gasteiger partial charge in [0.1, 0.15) is 18.7 Å². The predicted molar refractivity (Wildman–Crippen MR) is 120 cm³/mol. The molecule has 11 nitrogen and oxygen atoms in total. The van der Waals surface area contributed by atoms with Crippen molar-refractivity contribution in [2.75, 3.05) is 6.61 Å². The van der Waals surface area contributed by atoms with Crippen molar-refractivity contribution >= 4 is 29.6 Å². The van der Waals surface area contributed by atoms with Crippen LogP contribution in [0.3, 0.4) is 0 Å². The summed E-state index contributed by atoms with van der Waals surface area (Å²) < 4.78 is 5.75. The van der Waals surface area contributed by atoms with Gasteiger partial charge >= 0.3 is 5.97 Å². The van der Waals surface area contributed by atoms with E-state index >= 15 is 0 Å². The number of carboxylic acid groups (broad SMARTS) is 1. The number of hydrogen-bond acceptors (Lipinski definition) is 6. The van der Waals surface area contributed by atoms with Crippen LogP contribution in [0.2, 0.25) is 0 Å². The molecule has 0 aliphatic heterocycles. The SMILES string of the molecule is CCCCCC(=O)N[C@H]1CCCC[C@@H]1OCC(=O)N[C@@H](C)C(=O)N[C@H](CCC(=O)O)C(N)=O. The Morgan fingerprint density at radius 3 is 2.36 bits per heavy atom. The Labute approximate surface area is 194 Å². The Balaban J connectivity index is 2.47. The van der Waals surface area contributed by atoms with Gasteiger partial charge in [-0.1, -0.05) is 32.6 Å². The second-order valence-electron chi connectivity index (χ2n) is 8.45. The molecule has 0 bridgehead atoms. The van der Waals surface area contributed by atoms with Crippen molar-refractivity contribution in [3.05, 3.63) is 0 Å². The van der Waals surface area contributed by atoms with Crippen LogP contribution in [0.5, 0.6) is 0 Å². The summed E-state index contributed by atoms with van der Waals surface area (Å²) in [6.07, 6.45) is 6.04. The number of aliphatic carboxylic acids is 1. The first-order valence-electron chi connectivity index (χ1n) is 11.7. The number of carbonyl (C=O) groups excluding carboxylic acids is 4. The Hall–Kier alpha value is -2.69. The Kier molecular flexibility index (Phi) is 13.1. The summed E-state index contributed by atoms with van der Waals surface area (Å²) in [5, 5.41) is 16.6. The molecule has 6 N–H and O–H groups in total. The number of nitrogens with two attached hydrogens (primary N) is 1. The maximum absolute atomic E-state index is 12.3. The molecule has 0 aromatic heterocycles. The zero-order valence-electron chi connectivity index (χ0n) is 19.6. The number of nitrogens with one attached hydrogen (secondary N) is 3. The highest BCUT2D eigenvalue weighted by Gasteiger charge is 2.28. The first-order chi connectivity index (χ1) is 15.6. The van der Waals surface area contributed by atoms with Gasteiger partial charge < -0.3 is 31.5 Å². The van der Waals surface area contributed by atoms with Crippen LogP contribution in [-0.4, -0.2) is 65.5 Å². The maximum Gasteiger partial charge on any atom is 0.303 e. The fraction of sp³-hybridized carbons (Fsp3) is 0.773. The van der Waals surface area contributed by atoms with E-state index in [1.807, 2.05) is 0 Å². The smallest absolute Gasteiger partial charge is 0.303 e. The zero-order valence-corrected chi connectivity index (χ0v) is 19.6. The predicted octanol–water partition coefficient (Wildman–Crippen LogP) is 0.350. The summed E-state index contributed by atoms with van der Waals surface area (Å²) in [6, 6.07) is -2.27. The van der Waals surface area contributed by atoms with Gasteiger partial charge in [0.2, 0.25) is 23.6 Å². The van der Waals surface area contributed by atoms with Crippen LogP contribution in [0.25, 0.3) is 0 Å². The molecule has 0 heterocycles. The molecule has 0 aromatic carbocycles. The third kappa shape index (κ3) is 11.7. The lowest BCUT2D eigenvalue weighted by Gasteiger charge is -2.32. The van der Waals surface area contributed by atoms with Crippen LogP contribution in [0.15, 0.2) is 0 Å². The minimum absolute atomic E-state index is 0.00871. The number of amides is 4. The first kappa shape index (κ1) is 28.3. The molecule has 4 amide bonds. The number of primary amides is 1. The average Bonchev–Trinajstić information content (AvgIpc) is 2.75. The van der Waals surface area contributed by atoms with Crippen LogP contribution < -0.4 is 21.7 Å². The van der Waals surface area contributed by atoms with Crippen LogP contribution >= 0.6 is 0 Å². The van der Waals surface area contributed by atoms with Gasteiger partial charge in [-0.05, 0) is 32.6 Å². The molecule has 1 rings (SSSR count). The summed E-state index contributed by atoms with van der Waals surface area (Å²) in [4.78, 5) is 58.8. The van der Waals surface area contributed by atoms with Crippen molar-refractivity contribution in [3.8, 4) is 0 Å². The summed E-state index contributed by atoms with van der Waals surface area (Å²) in [6.45, 7) is 3.24. The lowest BCUT2D eigenvalue weighted by molar-refractivity contribution is -0.138. The highest BCUT2D eigenvalue weighted by atomic mass is 16.5. The van der Waals surface area contributed by atoms with Crippen molar-refractivity contribution in [2.24, 2.45) is 5.73 Å². The van der Waals surface area contributed by atoms with Crippen LogP contribution in [0, 0.1) is 0 Å². The van der Waals surface area contributed by atoms with Crippen molar-refractivity contribution in [1.82, 2.24) is 16.0 Å². The van der Waals surface area contributed by atoms with E-state index < -0.39 is 35.8 Å². The van der Waals surface area contributed by atoms with E-state index in [0.29, 0.717) is 6.42 Å². The summed E-state index contributed by atoms with van der Waals surface area (Å²) in [5.74, 6) is -3.16. The standard InChI is InChI=1S/C22H38N4O7/c1-3-4-5-10-18(27)25-15-8-6-7-9-17(15)33-13-19(28)24-14(2)22(32)26-16(21(23)31)11-12-20(29)30/h14-17H,3-13H2,1-2H3,(H2,23,31)(H,24,28)(H,25,27)(H,26,32)(H,29,30)/t14-,15-,16+,17-/m0/s1. The van der Waals surface area contributed by atoms with Crippen molar-refractivity contribution in [3.63, 3.8) is 0 Å². The maximum atomic E-state index is 12.3. The molecule has 0 spiro atoms. The minimum Gasteiger partial charge on any atom is -0.481 e. The molecule has 1 saturated carbocycles. The highest BCUT2D eigenvalue weighted by molar-refractivity contribution is 5.91. The van der Waals surface area contributed by atoms with Gasteiger partial charge in [-0.2, -0.15) is 0 Å². The van der Waals surface area contributed by atoms with E-state index in [-0.39, 0.29) is 37.5 Å². The van der Waals surface area contributed by atoms with E-state index in [9.17, 15) is 24.0 Å².